The van der Waals surface area contributed by atoms with Crippen molar-refractivity contribution in [1.29, 1.82) is 0 Å². The van der Waals surface area contributed by atoms with Gasteiger partial charge in [0.25, 0.3) is 0 Å². The van der Waals surface area contributed by atoms with Crippen LogP contribution in [0.5, 0.6) is 0 Å². The summed E-state index contributed by atoms with van der Waals surface area (Å²) in [5, 5.41) is 0. The quantitative estimate of drug-likeness (QED) is 0.661. The maximum Gasteiger partial charge on any atom is 0.336 e. The Labute approximate surface area is 177 Å². The molecule has 5 heteroatoms. The molecule has 2 aromatic carbocycles. The number of hydrogen-bond donors (Lipinski definition) is 0. The van der Waals surface area contributed by atoms with E-state index in [9.17, 15) is 9.59 Å². The number of esters is 2. The van der Waals surface area contributed by atoms with E-state index in [1.54, 1.807) is 12.4 Å². The van der Waals surface area contributed by atoms with Crippen molar-refractivity contribution >= 4 is 11.9 Å². The van der Waals surface area contributed by atoms with Crippen molar-refractivity contribution in [2.45, 2.75) is 32.2 Å². The molecule has 0 unspecified atom stereocenters. The third-order valence-electron chi connectivity index (χ3n) is 5.49. The smallest absolute Gasteiger partial charge is 0.336 e. The zero-order chi connectivity index (χ0) is 21.7. The highest BCUT2D eigenvalue weighted by Crippen LogP contribution is 2.39. The molecule has 1 heterocycles. The second-order valence-corrected chi connectivity index (χ2v) is 7.21. The minimum Gasteiger partial charge on any atom is -0.466 e. The molecule has 0 saturated carbocycles. The molecule has 0 radical (unpaired) electrons. The lowest BCUT2D eigenvalue weighted by Crippen LogP contribution is -2.30. The van der Waals surface area contributed by atoms with Crippen LogP contribution in [0.1, 0.15) is 42.5 Å². The first-order chi connectivity index (χ1) is 14.5. The number of aryl methyl sites for hydroxylation is 1. The Hall–Kier alpha value is -3.34. The Kier molecular flexibility index (Phi) is 6.72. The molecule has 1 aliphatic heterocycles. The molecule has 1 atom stereocenters. The summed E-state index contributed by atoms with van der Waals surface area (Å²) in [6, 6.07) is 17.7. The Morgan fingerprint density at radius 3 is 1.90 bits per heavy atom. The first-order valence-electron chi connectivity index (χ1n) is 10.0. The van der Waals surface area contributed by atoms with Gasteiger partial charge in [-0.3, -0.25) is 0 Å². The summed E-state index contributed by atoms with van der Waals surface area (Å²) in [5.41, 5.74) is 3.87. The molecule has 156 valence electrons. The minimum absolute atomic E-state index is 0.0890. The van der Waals surface area contributed by atoms with E-state index in [1.807, 2.05) is 66.4 Å². The molecular weight excluding hydrogens is 378 g/mol. The van der Waals surface area contributed by atoms with Gasteiger partial charge in [-0.25, -0.2) is 9.59 Å². The third kappa shape index (κ3) is 4.30. The van der Waals surface area contributed by atoms with E-state index in [2.05, 4.69) is 6.92 Å². The number of ether oxygens (including phenoxy) is 2. The SMILES string of the molecule is CCc1ccc(C2C(C(=O)OC)=CN([C@@H](C)c3ccccc3)C=C2C(=O)OC)cc1. The number of methoxy groups -OCH3 is 2. The summed E-state index contributed by atoms with van der Waals surface area (Å²) in [6.45, 7) is 4.10. The highest BCUT2D eigenvalue weighted by atomic mass is 16.5. The Morgan fingerprint density at radius 2 is 1.43 bits per heavy atom. The van der Waals surface area contributed by atoms with Gasteiger partial charge in [0.05, 0.1) is 37.3 Å². The Morgan fingerprint density at radius 1 is 0.900 bits per heavy atom. The van der Waals surface area contributed by atoms with Gasteiger partial charge in [0.1, 0.15) is 0 Å². The monoisotopic (exact) mass is 405 g/mol. The van der Waals surface area contributed by atoms with Crippen LogP contribution in [0, 0.1) is 0 Å². The van der Waals surface area contributed by atoms with Crippen LogP contribution in [0.2, 0.25) is 0 Å². The van der Waals surface area contributed by atoms with Crippen molar-refractivity contribution in [2.24, 2.45) is 0 Å². The lowest BCUT2D eigenvalue weighted by molar-refractivity contribution is -0.137. The molecule has 0 amide bonds. The maximum atomic E-state index is 12.7. The summed E-state index contributed by atoms with van der Waals surface area (Å²) < 4.78 is 10.1. The van der Waals surface area contributed by atoms with Gasteiger partial charge in [0.15, 0.2) is 0 Å². The van der Waals surface area contributed by atoms with Crippen LogP contribution in [0.15, 0.2) is 78.1 Å². The minimum atomic E-state index is -0.560. The first kappa shape index (κ1) is 21.4. The second kappa shape index (κ2) is 9.44. The number of nitrogens with zero attached hydrogens (tertiary/aromatic N) is 1. The fourth-order valence-electron chi connectivity index (χ4n) is 3.68. The van der Waals surface area contributed by atoms with Crippen LogP contribution in [0.4, 0.5) is 0 Å². The summed E-state index contributed by atoms with van der Waals surface area (Å²) >= 11 is 0. The molecule has 0 aliphatic carbocycles. The van der Waals surface area contributed by atoms with Crippen LogP contribution in [0.25, 0.3) is 0 Å². The van der Waals surface area contributed by atoms with Crippen LogP contribution in [-0.2, 0) is 25.5 Å². The van der Waals surface area contributed by atoms with Crippen molar-refractivity contribution in [1.82, 2.24) is 4.90 Å². The fourth-order valence-corrected chi connectivity index (χ4v) is 3.68. The number of carbonyl (C=O) groups is 2. The molecule has 2 aromatic rings. The third-order valence-corrected chi connectivity index (χ3v) is 5.49. The average Bonchev–Trinajstić information content (AvgIpc) is 2.82. The van der Waals surface area contributed by atoms with Crippen LogP contribution < -0.4 is 0 Å². The second-order valence-electron chi connectivity index (χ2n) is 7.21. The van der Waals surface area contributed by atoms with Gasteiger partial charge in [-0.15, -0.1) is 0 Å². The van der Waals surface area contributed by atoms with Crippen LogP contribution in [0.3, 0.4) is 0 Å². The maximum absolute atomic E-state index is 12.7. The van der Waals surface area contributed by atoms with E-state index in [-0.39, 0.29) is 6.04 Å². The van der Waals surface area contributed by atoms with E-state index in [0.717, 1.165) is 17.5 Å². The number of hydrogen-bond acceptors (Lipinski definition) is 5. The van der Waals surface area contributed by atoms with Crippen molar-refractivity contribution in [3.05, 3.63) is 94.8 Å². The first-order valence-corrected chi connectivity index (χ1v) is 10.0. The zero-order valence-electron chi connectivity index (χ0n) is 17.8. The molecule has 0 fully saturated rings. The highest BCUT2D eigenvalue weighted by molar-refractivity contribution is 5.98. The van der Waals surface area contributed by atoms with Crippen molar-refractivity contribution in [3.8, 4) is 0 Å². The Balaban J connectivity index is 2.11. The summed E-state index contributed by atoms with van der Waals surface area (Å²) in [7, 11) is 2.70. The van der Waals surface area contributed by atoms with Gasteiger partial charge in [-0.1, -0.05) is 61.5 Å². The van der Waals surface area contributed by atoms with Crippen molar-refractivity contribution in [3.63, 3.8) is 0 Å². The average molecular weight is 405 g/mol. The molecule has 0 bridgehead atoms. The van der Waals surface area contributed by atoms with Gasteiger partial charge in [-0.05, 0) is 30.0 Å². The lowest BCUT2D eigenvalue weighted by atomic mass is 9.82. The standard InChI is InChI=1S/C25H27NO4/c1-5-18-11-13-20(14-12-18)23-21(24(27)29-3)15-26(16-22(23)25(28)30-4)17(2)19-9-7-6-8-10-19/h6-17,23H,5H2,1-4H3/t17-/m0/s1. The molecule has 30 heavy (non-hydrogen) atoms. The van der Waals surface area contributed by atoms with Crippen LogP contribution in [-0.4, -0.2) is 31.1 Å². The molecule has 0 N–H and O–H groups in total. The number of carbonyl (C=O) groups excluding carboxylic acids is 2. The molecular formula is C25H27NO4. The van der Waals surface area contributed by atoms with Crippen molar-refractivity contribution < 1.29 is 19.1 Å². The van der Waals surface area contributed by atoms with Gasteiger partial charge in [0, 0.05) is 12.4 Å². The lowest BCUT2D eigenvalue weighted by Gasteiger charge is -2.33. The summed E-state index contributed by atoms with van der Waals surface area (Å²) in [5.74, 6) is -1.51. The van der Waals surface area contributed by atoms with Gasteiger partial charge < -0.3 is 14.4 Å². The predicted molar refractivity (Wildman–Crippen MR) is 115 cm³/mol. The summed E-state index contributed by atoms with van der Waals surface area (Å²) in [4.78, 5) is 27.3. The van der Waals surface area contributed by atoms with E-state index in [4.69, 9.17) is 9.47 Å². The van der Waals surface area contributed by atoms with Crippen molar-refractivity contribution in [2.75, 3.05) is 14.2 Å². The zero-order valence-corrected chi connectivity index (χ0v) is 17.8. The highest BCUT2D eigenvalue weighted by Gasteiger charge is 2.36. The summed E-state index contributed by atoms with van der Waals surface area (Å²) in [6.07, 6.45) is 4.45. The van der Waals surface area contributed by atoms with Gasteiger partial charge in [-0.2, -0.15) is 0 Å². The number of rotatable bonds is 6. The topological polar surface area (TPSA) is 55.8 Å². The molecule has 0 saturated heterocycles. The van der Waals surface area contributed by atoms with E-state index in [0.29, 0.717) is 11.1 Å². The number of benzene rings is 2. The molecule has 5 nitrogen and oxygen atoms in total. The van der Waals surface area contributed by atoms with E-state index >= 15 is 0 Å². The van der Waals surface area contributed by atoms with E-state index in [1.165, 1.54) is 19.8 Å². The molecule has 0 aromatic heterocycles. The molecule has 0 spiro atoms. The van der Waals surface area contributed by atoms with Gasteiger partial charge in [0.2, 0.25) is 0 Å². The fraction of sp³-hybridized carbons (Fsp3) is 0.280. The van der Waals surface area contributed by atoms with Crippen LogP contribution >= 0.6 is 0 Å². The predicted octanol–water partition coefficient (Wildman–Crippen LogP) is 4.52. The van der Waals surface area contributed by atoms with Gasteiger partial charge >= 0.3 is 11.9 Å². The largest absolute Gasteiger partial charge is 0.466 e. The molecule has 3 rings (SSSR count). The Bertz CT molecular complexity index is 926. The van der Waals surface area contributed by atoms with E-state index < -0.39 is 17.9 Å². The molecule has 1 aliphatic rings. The normalized spacial score (nSPS) is 15.1.